The van der Waals surface area contributed by atoms with E-state index in [1.165, 1.54) is 11.3 Å². The maximum Gasteiger partial charge on any atom is 0.332 e. The van der Waals surface area contributed by atoms with E-state index >= 15 is 0 Å². The van der Waals surface area contributed by atoms with Crippen molar-refractivity contribution in [2.45, 2.75) is 13.0 Å². The van der Waals surface area contributed by atoms with Crippen molar-refractivity contribution < 1.29 is 14.3 Å². The first-order valence-electron chi connectivity index (χ1n) is 5.68. The summed E-state index contributed by atoms with van der Waals surface area (Å²) < 4.78 is 5.63. The third kappa shape index (κ3) is 3.07. The fourth-order valence-electron chi connectivity index (χ4n) is 1.49. The summed E-state index contributed by atoms with van der Waals surface area (Å²) in [6.07, 6.45) is 0. The summed E-state index contributed by atoms with van der Waals surface area (Å²) in [5.41, 5.74) is 8.64. The quantitative estimate of drug-likeness (QED) is 0.646. The average Bonchev–Trinajstić information content (AvgIpc) is 2.85. The van der Waals surface area contributed by atoms with Crippen molar-refractivity contribution in [2.75, 3.05) is 11.9 Å². The largest absolute Gasteiger partial charge is 0.464 e. The zero-order chi connectivity index (χ0) is 13.8. The third-order valence-electron chi connectivity index (χ3n) is 2.42. The molecule has 1 aromatic carbocycles. The van der Waals surface area contributed by atoms with Gasteiger partial charge in [0.25, 0.3) is 5.91 Å². The van der Waals surface area contributed by atoms with Gasteiger partial charge >= 0.3 is 5.97 Å². The minimum atomic E-state index is -1.32. The molecule has 0 spiro atoms. The van der Waals surface area contributed by atoms with Crippen molar-refractivity contribution in [1.29, 1.82) is 0 Å². The van der Waals surface area contributed by atoms with Crippen LogP contribution < -0.4 is 11.1 Å². The second-order valence-electron chi connectivity index (χ2n) is 3.75. The predicted molar refractivity (Wildman–Crippen MR) is 72.9 cm³/mol. The molecule has 1 unspecified atom stereocenters. The summed E-state index contributed by atoms with van der Waals surface area (Å²) in [6, 6.07) is 3.95. The number of esters is 1. The summed E-state index contributed by atoms with van der Waals surface area (Å²) >= 11 is 1.47. The Morgan fingerprint density at radius 3 is 3.05 bits per heavy atom. The highest BCUT2D eigenvalue weighted by Gasteiger charge is 2.23. The number of benzene rings is 1. The summed E-state index contributed by atoms with van der Waals surface area (Å²) in [4.78, 5) is 27.2. The SMILES string of the molecule is CCOC(=O)C(N)C(=O)Nc1ccc2ncsc2c1. The maximum atomic E-state index is 11.8. The van der Waals surface area contributed by atoms with E-state index in [1.807, 2.05) is 0 Å². The Bertz CT molecular complexity index is 611. The third-order valence-corrected chi connectivity index (χ3v) is 3.21. The fourth-order valence-corrected chi connectivity index (χ4v) is 2.21. The Balaban J connectivity index is 2.07. The molecule has 0 radical (unpaired) electrons. The zero-order valence-electron chi connectivity index (χ0n) is 10.3. The van der Waals surface area contributed by atoms with Crippen molar-refractivity contribution in [1.82, 2.24) is 4.98 Å². The number of rotatable bonds is 4. The molecule has 0 bridgehead atoms. The van der Waals surface area contributed by atoms with E-state index in [2.05, 4.69) is 15.0 Å². The number of nitrogens with one attached hydrogen (secondary N) is 1. The molecule has 1 atom stereocenters. The van der Waals surface area contributed by atoms with Crippen LogP contribution >= 0.6 is 11.3 Å². The van der Waals surface area contributed by atoms with Crippen molar-refractivity contribution in [3.8, 4) is 0 Å². The Morgan fingerprint density at radius 2 is 2.32 bits per heavy atom. The number of fused-ring (bicyclic) bond motifs is 1. The molecule has 100 valence electrons. The smallest absolute Gasteiger partial charge is 0.332 e. The number of thiazole rings is 1. The number of aromatic nitrogens is 1. The zero-order valence-corrected chi connectivity index (χ0v) is 11.1. The van der Waals surface area contributed by atoms with Crippen LogP contribution in [0.2, 0.25) is 0 Å². The van der Waals surface area contributed by atoms with Gasteiger partial charge in [-0.1, -0.05) is 0 Å². The standard InChI is InChI=1S/C12H13N3O3S/c1-2-18-12(17)10(13)11(16)15-7-3-4-8-9(5-7)19-6-14-8/h3-6,10H,2,13H2,1H3,(H,15,16). The molecule has 0 saturated carbocycles. The van der Waals surface area contributed by atoms with Crippen LogP contribution in [0.15, 0.2) is 23.7 Å². The van der Waals surface area contributed by atoms with Crippen LogP contribution in [0, 0.1) is 0 Å². The number of carbonyl (C=O) groups is 2. The predicted octanol–water partition coefficient (Wildman–Crippen LogP) is 1.13. The van der Waals surface area contributed by atoms with E-state index < -0.39 is 17.9 Å². The molecule has 0 saturated heterocycles. The Morgan fingerprint density at radius 1 is 1.53 bits per heavy atom. The normalized spacial score (nSPS) is 12.1. The van der Waals surface area contributed by atoms with Crippen molar-refractivity contribution >= 4 is 39.1 Å². The number of amides is 1. The molecule has 6 nitrogen and oxygen atoms in total. The number of hydrogen-bond donors (Lipinski definition) is 2. The first-order chi connectivity index (χ1) is 9.11. The van der Waals surface area contributed by atoms with E-state index in [9.17, 15) is 9.59 Å². The summed E-state index contributed by atoms with van der Waals surface area (Å²) in [5, 5.41) is 2.58. The van der Waals surface area contributed by atoms with Crippen molar-refractivity contribution in [3.05, 3.63) is 23.7 Å². The molecular formula is C12H13N3O3S. The molecule has 19 heavy (non-hydrogen) atoms. The molecule has 3 N–H and O–H groups in total. The lowest BCUT2D eigenvalue weighted by atomic mass is 10.2. The van der Waals surface area contributed by atoms with Gasteiger partial charge in [-0.05, 0) is 25.1 Å². The number of ether oxygens (including phenoxy) is 1. The van der Waals surface area contributed by atoms with Crippen LogP contribution in [0.3, 0.4) is 0 Å². The number of anilines is 1. The number of nitrogens with zero attached hydrogens (tertiary/aromatic N) is 1. The maximum absolute atomic E-state index is 11.8. The van der Waals surface area contributed by atoms with Gasteiger partial charge < -0.3 is 15.8 Å². The van der Waals surface area contributed by atoms with Crippen molar-refractivity contribution in [2.24, 2.45) is 5.73 Å². The van der Waals surface area contributed by atoms with Crippen LogP contribution in [-0.4, -0.2) is 29.5 Å². The van der Waals surface area contributed by atoms with Gasteiger partial charge in [-0.3, -0.25) is 4.79 Å². The van der Waals surface area contributed by atoms with Crippen LogP contribution in [-0.2, 0) is 14.3 Å². The molecule has 1 amide bonds. The van der Waals surface area contributed by atoms with Gasteiger partial charge in [0.2, 0.25) is 0 Å². The molecule has 2 aromatic rings. The second kappa shape index (κ2) is 5.77. The van der Waals surface area contributed by atoms with E-state index in [4.69, 9.17) is 5.73 Å². The molecule has 0 aliphatic carbocycles. The van der Waals surface area contributed by atoms with Gasteiger partial charge in [0, 0.05) is 5.69 Å². The topological polar surface area (TPSA) is 94.3 Å². The Kier molecular flexibility index (Phi) is 4.08. The molecular weight excluding hydrogens is 266 g/mol. The lowest BCUT2D eigenvalue weighted by molar-refractivity contribution is -0.146. The summed E-state index contributed by atoms with van der Waals surface area (Å²) in [7, 11) is 0. The lowest BCUT2D eigenvalue weighted by Crippen LogP contribution is -2.43. The van der Waals surface area contributed by atoms with Gasteiger partial charge in [0.05, 0.1) is 22.3 Å². The average molecular weight is 279 g/mol. The molecule has 2 rings (SSSR count). The first-order valence-corrected chi connectivity index (χ1v) is 6.56. The van der Waals surface area contributed by atoms with Gasteiger partial charge in [-0.2, -0.15) is 0 Å². The van der Waals surface area contributed by atoms with E-state index in [0.29, 0.717) is 5.69 Å². The van der Waals surface area contributed by atoms with Crippen LogP contribution in [0.5, 0.6) is 0 Å². The van der Waals surface area contributed by atoms with E-state index in [1.54, 1.807) is 30.6 Å². The highest BCUT2D eigenvalue weighted by molar-refractivity contribution is 7.16. The molecule has 1 heterocycles. The molecule has 0 aliphatic heterocycles. The van der Waals surface area contributed by atoms with Crippen molar-refractivity contribution in [3.63, 3.8) is 0 Å². The highest BCUT2D eigenvalue weighted by atomic mass is 32.1. The minimum absolute atomic E-state index is 0.187. The van der Waals surface area contributed by atoms with Crippen LogP contribution in [0.25, 0.3) is 10.2 Å². The number of nitrogens with two attached hydrogens (primary N) is 1. The van der Waals surface area contributed by atoms with Gasteiger partial charge in [0.1, 0.15) is 0 Å². The monoisotopic (exact) mass is 279 g/mol. The van der Waals surface area contributed by atoms with Crippen LogP contribution in [0.1, 0.15) is 6.92 Å². The minimum Gasteiger partial charge on any atom is -0.464 e. The lowest BCUT2D eigenvalue weighted by Gasteiger charge is -2.11. The molecule has 0 aliphatic rings. The second-order valence-corrected chi connectivity index (χ2v) is 4.64. The van der Waals surface area contributed by atoms with Gasteiger partial charge in [0.15, 0.2) is 6.04 Å². The first kappa shape index (κ1) is 13.4. The molecule has 7 heteroatoms. The molecule has 0 fully saturated rings. The fraction of sp³-hybridized carbons (Fsp3) is 0.250. The Labute approximate surface area is 113 Å². The van der Waals surface area contributed by atoms with Gasteiger partial charge in [-0.25, -0.2) is 9.78 Å². The van der Waals surface area contributed by atoms with Gasteiger partial charge in [-0.15, -0.1) is 11.3 Å². The van der Waals surface area contributed by atoms with E-state index in [0.717, 1.165) is 10.2 Å². The highest BCUT2D eigenvalue weighted by Crippen LogP contribution is 2.21. The Hall–Kier alpha value is -1.99. The van der Waals surface area contributed by atoms with E-state index in [-0.39, 0.29) is 6.61 Å². The summed E-state index contributed by atoms with van der Waals surface area (Å²) in [6.45, 7) is 1.84. The van der Waals surface area contributed by atoms with Crippen LogP contribution in [0.4, 0.5) is 5.69 Å². The molecule has 1 aromatic heterocycles. The number of carbonyl (C=O) groups excluding carboxylic acids is 2. The number of hydrogen-bond acceptors (Lipinski definition) is 6. The summed E-state index contributed by atoms with van der Waals surface area (Å²) in [5.74, 6) is -1.33.